The molecule has 2 unspecified atom stereocenters. The van der Waals surface area contributed by atoms with E-state index in [2.05, 4.69) is 43.3 Å². The van der Waals surface area contributed by atoms with Crippen LogP contribution in [0, 0.1) is 5.41 Å². The zero-order valence-corrected chi connectivity index (χ0v) is 13.1. The molecule has 1 rings (SSSR count). The number of hydrogen-bond donors (Lipinski definition) is 1. The predicted molar refractivity (Wildman–Crippen MR) is 76.9 cm³/mol. The van der Waals surface area contributed by atoms with Gasteiger partial charge in [-0.05, 0) is 25.3 Å². The van der Waals surface area contributed by atoms with Crippen molar-refractivity contribution in [3.05, 3.63) is 11.9 Å². The summed E-state index contributed by atoms with van der Waals surface area (Å²) < 4.78 is 7.84. The third kappa shape index (κ3) is 4.28. The predicted octanol–water partition coefficient (Wildman–Crippen LogP) is 2.31. The van der Waals surface area contributed by atoms with Crippen LogP contribution >= 0.6 is 0 Å². The maximum Gasteiger partial charge on any atom is 0.0833 e. The molecule has 0 bridgehead atoms. The van der Waals surface area contributed by atoms with Gasteiger partial charge in [0, 0.05) is 13.7 Å². The normalized spacial score (nSPS) is 15.5. The van der Waals surface area contributed by atoms with Crippen molar-refractivity contribution >= 4 is 0 Å². The zero-order chi connectivity index (χ0) is 14.5. The first kappa shape index (κ1) is 16.1. The molecule has 2 atom stereocenters. The average Bonchev–Trinajstić information content (AvgIpc) is 2.73. The van der Waals surface area contributed by atoms with Crippen molar-refractivity contribution in [2.24, 2.45) is 12.5 Å². The Morgan fingerprint density at radius 3 is 2.47 bits per heavy atom. The minimum Gasteiger partial charge on any atom is -0.376 e. The Morgan fingerprint density at radius 2 is 2.05 bits per heavy atom. The van der Waals surface area contributed by atoms with E-state index in [1.807, 2.05) is 24.9 Å². The molecular formula is C14H28N4O. The summed E-state index contributed by atoms with van der Waals surface area (Å²) in [6.07, 6.45) is 3.00. The Balaban J connectivity index is 3.03. The van der Waals surface area contributed by atoms with E-state index in [1.165, 1.54) is 0 Å². The Bertz CT molecular complexity index is 370. The molecular weight excluding hydrogens is 240 g/mol. The lowest BCUT2D eigenvalue weighted by molar-refractivity contribution is -0.0381. The highest BCUT2D eigenvalue weighted by molar-refractivity contribution is 5.07. The van der Waals surface area contributed by atoms with Gasteiger partial charge in [0.15, 0.2) is 0 Å². The van der Waals surface area contributed by atoms with Crippen molar-refractivity contribution in [2.75, 3.05) is 13.2 Å². The number of aromatic nitrogens is 3. The first-order chi connectivity index (χ1) is 8.91. The molecule has 0 radical (unpaired) electrons. The highest BCUT2D eigenvalue weighted by atomic mass is 16.5. The molecule has 0 fully saturated rings. The van der Waals surface area contributed by atoms with Crippen molar-refractivity contribution in [1.82, 2.24) is 20.3 Å². The molecule has 5 nitrogen and oxygen atoms in total. The number of aryl methyl sites for hydroxylation is 1. The molecule has 0 saturated heterocycles. The molecule has 110 valence electrons. The molecule has 1 aromatic rings. The lowest BCUT2D eigenvalue weighted by atomic mass is 9.83. The van der Waals surface area contributed by atoms with Crippen LogP contribution < -0.4 is 5.32 Å². The summed E-state index contributed by atoms with van der Waals surface area (Å²) in [6, 6.07) is 0.111. The molecule has 0 saturated carbocycles. The zero-order valence-electron chi connectivity index (χ0n) is 13.1. The van der Waals surface area contributed by atoms with Crippen LogP contribution in [0.5, 0.6) is 0 Å². The largest absolute Gasteiger partial charge is 0.376 e. The van der Waals surface area contributed by atoms with Crippen molar-refractivity contribution in [3.8, 4) is 0 Å². The number of hydrogen-bond acceptors (Lipinski definition) is 4. The topological polar surface area (TPSA) is 52.0 Å². The average molecular weight is 268 g/mol. The molecule has 1 heterocycles. The van der Waals surface area contributed by atoms with Gasteiger partial charge < -0.3 is 10.1 Å². The molecule has 0 spiro atoms. The van der Waals surface area contributed by atoms with E-state index in [4.69, 9.17) is 4.74 Å². The lowest BCUT2D eigenvalue weighted by Gasteiger charge is -2.37. The van der Waals surface area contributed by atoms with Crippen LogP contribution in [0.15, 0.2) is 6.20 Å². The second-order valence-electron chi connectivity index (χ2n) is 5.96. The summed E-state index contributed by atoms with van der Waals surface area (Å²) >= 11 is 0. The second kappa shape index (κ2) is 7.01. The highest BCUT2D eigenvalue weighted by Gasteiger charge is 2.35. The summed E-state index contributed by atoms with van der Waals surface area (Å²) in [5.74, 6) is 0. The fourth-order valence-electron chi connectivity index (χ4n) is 2.27. The molecule has 0 aromatic carbocycles. The lowest BCUT2D eigenvalue weighted by Crippen LogP contribution is -2.43. The quantitative estimate of drug-likeness (QED) is 0.824. The van der Waals surface area contributed by atoms with Crippen molar-refractivity contribution in [2.45, 2.75) is 53.2 Å². The highest BCUT2D eigenvalue weighted by Crippen LogP contribution is 2.32. The molecule has 1 aromatic heterocycles. The van der Waals surface area contributed by atoms with Crippen LogP contribution in [0.3, 0.4) is 0 Å². The monoisotopic (exact) mass is 268 g/mol. The van der Waals surface area contributed by atoms with Crippen LogP contribution in [0.2, 0.25) is 0 Å². The van der Waals surface area contributed by atoms with Gasteiger partial charge in [0.1, 0.15) is 0 Å². The molecule has 0 aliphatic heterocycles. The van der Waals surface area contributed by atoms with E-state index in [1.54, 1.807) is 0 Å². The van der Waals surface area contributed by atoms with Gasteiger partial charge in [0.25, 0.3) is 0 Å². The first-order valence-electron chi connectivity index (χ1n) is 7.11. The van der Waals surface area contributed by atoms with Gasteiger partial charge in [-0.1, -0.05) is 32.9 Å². The molecule has 0 amide bonds. The third-order valence-corrected chi connectivity index (χ3v) is 3.18. The Labute approximate surface area is 116 Å². The molecule has 1 N–H and O–H groups in total. The Hall–Kier alpha value is -0.940. The van der Waals surface area contributed by atoms with Gasteiger partial charge in [0.05, 0.1) is 24.0 Å². The summed E-state index contributed by atoms with van der Waals surface area (Å²) in [6.45, 7) is 12.5. The molecule has 19 heavy (non-hydrogen) atoms. The van der Waals surface area contributed by atoms with Crippen LogP contribution in [-0.4, -0.2) is 34.2 Å². The Morgan fingerprint density at radius 1 is 1.37 bits per heavy atom. The summed E-state index contributed by atoms with van der Waals surface area (Å²) in [5.41, 5.74) is 1.12. The number of nitrogens with one attached hydrogen (secondary N) is 1. The SMILES string of the molecule is CCCNC(c1cnnn1C)C(OCC)C(C)(C)C. The maximum absolute atomic E-state index is 6.01. The van der Waals surface area contributed by atoms with Gasteiger partial charge in [-0.2, -0.15) is 0 Å². The molecule has 0 aliphatic carbocycles. The van der Waals surface area contributed by atoms with E-state index in [9.17, 15) is 0 Å². The van der Waals surface area contributed by atoms with Crippen molar-refractivity contribution < 1.29 is 4.74 Å². The van der Waals surface area contributed by atoms with Crippen LogP contribution in [-0.2, 0) is 11.8 Å². The first-order valence-corrected chi connectivity index (χ1v) is 7.11. The standard InChI is InChI=1S/C14H28N4O/c1-7-9-15-12(11-10-16-17-18(11)6)13(19-8-2)14(3,4)5/h10,12-13,15H,7-9H2,1-6H3. The van der Waals surface area contributed by atoms with Gasteiger partial charge >= 0.3 is 0 Å². The van der Waals surface area contributed by atoms with Crippen LogP contribution in [0.1, 0.15) is 52.8 Å². The summed E-state index contributed by atoms with van der Waals surface area (Å²) in [4.78, 5) is 0. The minimum absolute atomic E-state index is 0.0473. The molecule has 5 heteroatoms. The third-order valence-electron chi connectivity index (χ3n) is 3.18. The fraction of sp³-hybridized carbons (Fsp3) is 0.857. The van der Waals surface area contributed by atoms with E-state index in [-0.39, 0.29) is 17.6 Å². The van der Waals surface area contributed by atoms with Crippen molar-refractivity contribution in [1.29, 1.82) is 0 Å². The van der Waals surface area contributed by atoms with E-state index in [0.717, 1.165) is 18.7 Å². The number of ether oxygens (including phenoxy) is 1. The van der Waals surface area contributed by atoms with Gasteiger partial charge in [-0.25, -0.2) is 0 Å². The summed E-state index contributed by atoms with van der Waals surface area (Å²) in [5, 5.41) is 11.6. The van der Waals surface area contributed by atoms with Gasteiger partial charge in [0.2, 0.25) is 0 Å². The van der Waals surface area contributed by atoms with Crippen LogP contribution in [0.25, 0.3) is 0 Å². The van der Waals surface area contributed by atoms with E-state index < -0.39 is 0 Å². The fourth-order valence-corrected chi connectivity index (χ4v) is 2.27. The van der Waals surface area contributed by atoms with Crippen LogP contribution in [0.4, 0.5) is 0 Å². The summed E-state index contributed by atoms with van der Waals surface area (Å²) in [7, 11) is 1.93. The van der Waals surface area contributed by atoms with Crippen molar-refractivity contribution in [3.63, 3.8) is 0 Å². The Kier molecular flexibility index (Phi) is 5.94. The molecule has 0 aliphatic rings. The number of rotatable bonds is 7. The minimum atomic E-state index is 0.0473. The van der Waals surface area contributed by atoms with E-state index >= 15 is 0 Å². The maximum atomic E-state index is 6.01. The van der Waals surface area contributed by atoms with Gasteiger partial charge in [-0.3, -0.25) is 4.68 Å². The van der Waals surface area contributed by atoms with Gasteiger partial charge in [-0.15, -0.1) is 5.10 Å². The second-order valence-corrected chi connectivity index (χ2v) is 5.96. The number of nitrogens with zero attached hydrogens (tertiary/aromatic N) is 3. The smallest absolute Gasteiger partial charge is 0.0833 e. The van der Waals surface area contributed by atoms with E-state index in [0.29, 0.717) is 6.61 Å².